The maximum atomic E-state index is 12.1. The minimum Gasteiger partial charge on any atom is -0.477 e. The molecule has 0 atom stereocenters. The first-order valence-corrected chi connectivity index (χ1v) is 6.80. The summed E-state index contributed by atoms with van der Waals surface area (Å²) >= 11 is 1.11. The first kappa shape index (κ1) is 14.8. The van der Waals surface area contributed by atoms with E-state index in [4.69, 9.17) is 5.11 Å². The Morgan fingerprint density at radius 1 is 1.24 bits per heavy atom. The van der Waals surface area contributed by atoms with Gasteiger partial charge in [-0.05, 0) is 25.1 Å². The van der Waals surface area contributed by atoms with Crippen LogP contribution < -0.4 is 10.6 Å². The van der Waals surface area contributed by atoms with Crippen LogP contribution in [0.5, 0.6) is 0 Å². The normalized spacial score (nSPS) is 10.2. The highest BCUT2D eigenvalue weighted by molar-refractivity contribution is 7.18. The number of carboxylic acids is 1. The fraction of sp³-hybridized carbons (Fsp3) is 0.154. The van der Waals surface area contributed by atoms with Gasteiger partial charge in [0.15, 0.2) is 0 Å². The maximum Gasteiger partial charge on any atom is 0.354 e. The Kier molecular flexibility index (Phi) is 4.08. The van der Waals surface area contributed by atoms with Gasteiger partial charge < -0.3 is 20.7 Å². The van der Waals surface area contributed by atoms with E-state index in [0.717, 1.165) is 11.3 Å². The second-order valence-electron chi connectivity index (χ2n) is 4.35. The summed E-state index contributed by atoms with van der Waals surface area (Å²) in [6.45, 7) is 3.07. The van der Waals surface area contributed by atoms with Gasteiger partial charge in [0.1, 0.15) is 5.69 Å². The van der Waals surface area contributed by atoms with Gasteiger partial charge in [-0.2, -0.15) is 0 Å². The molecular formula is C13H13N3O4S. The molecule has 2 amide bonds. The van der Waals surface area contributed by atoms with Crippen molar-refractivity contribution < 1.29 is 19.5 Å². The summed E-state index contributed by atoms with van der Waals surface area (Å²) in [7, 11) is 0. The van der Waals surface area contributed by atoms with E-state index in [1.54, 1.807) is 25.1 Å². The van der Waals surface area contributed by atoms with Gasteiger partial charge >= 0.3 is 5.97 Å². The van der Waals surface area contributed by atoms with Gasteiger partial charge in [0.05, 0.1) is 15.6 Å². The first-order valence-electron chi connectivity index (χ1n) is 5.98. The molecule has 0 fully saturated rings. The zero-order chi connectivity index (χ0) is 15.6. The van der Waals surface area contributed by atoms with E-state index in [-0.39, 0.29) is 17.3 Å². The molecule has 2 aromatic rings. The second-order valence-corrected chi connectivity index (χ2v) is 5.43. The van der Waals surface area contributed by atoms with Crippen molar-refractivity contribution in [3.05, 3.63) is 34.5 Å². The number of H-pyrrole nitrogens is 1. The van der Waals surface area contributed by atoms with Gasteiger partial charge in [-0.15, -0.1) is 11.3 Å². The number of amides is 2. The number of thiophene rings is 1. The van der Waals surface area contributed by atoms with Crippen molar-refractivity contribution >= 4 is 39.8 Å². The molecular weight excluding hydrogens is 294 g/mol. The average molecular weight is 307 g/mol. The number of hydrogen-bond acceptors (Lipinski definition) is 4. The minimum atomic E-state index is -1.15. The fourth-order valence-electron chi connectivity index (χ4n) is 1.74. The van der Waals surface area contributed by atoms with Crippen molar-refractivity contribution in [1.82, 2.24) is 4.98 Å². The molecule has 2 heterocycles. The zero-order valence-corrected chi connectivity index (χ0v) is 12.1. The lowest BCUT2D eigenvalue weighted by Gasteiger charge is -2.02. The highest BCUT2D eigenvalue weighted by Crippen LogP contribution is 2.24. The molecule has 0 radical (unpaired) electrons. The van der Waals surface area contributed by atoms with Crippen LogP contribution in [0.15, 0.2) is 18.2 Å². The van der Waals surface area contributed by atoms with Gasteiger partial charge in [0.25, 0.3) is 5.91 Å². The van der Waals surface area contributed by atoms with Crippen LogP contribution in [0.3, 0.4) is 0 Å². The molecule has 110 valence electrons. The SMILES string of the molecule is CC(=O)Nc1ccc(C(=O)Nc2cc(C)[nH]c2C(=O)O)s1. The number of anilines is 2. The van der Waals surface area contributed by atoms with Crippen molar-refractivity contribution in [2.24, 2.45) is 0 Å². The lowest BCUT2D eigenvalue weighted by atomic mass is 10.3. The quantitative estimate of drug-likeness (QED) is 0.694. The molecule has 0 aliphatic rings. The van der Waals surface area contributed by atoms with Crippen LogP contribution in [0.25, 0.3) is 0 Å². The first-order chi connectivity index (χ1) is 9.86. The number of aromatic carboxylic acids is 1. The van der Waals surface area contributed by atoms with Crippen LogP contribution in [0, 0.1) is 6.92 Å². The third kappa shape index (κ3) is 3.48. The number of rotatable bonds is 4. The van der Waals surface area contributed by atoms with Crippen molar-refractivity contribution in [2.75, 3.05) is 10.6 Å². The topological polar surface area (TPSA) is 111 Å². The molecule has 0 spiro atoms. The molecule has 0 bridgehead atoms. The van der Waals surface area contributed by atoms with E-state index in [1.807, 2.05) is 0 Å². The highest BCUT2D eigenvalue weighted by atomic mass is 32.1. The summed E-state index contributed by atoms with van der Waals surface area (Å²) in [5.74, 6) is -1.81. The smallest absolute Gasteiger partial charge is 0.354 e. The number of aryl methyl sites for hydroxylation is 1. The summed E-state index contributed by atoms with van der Waals surface area (Å²) in [6, 6.07) is 4.72. The number of aromatic nitrogens is 1. The third-order valence-electron chi connectivity index (χ3n) is 2.54. The average Bonchev–Trinajstić information content (AvgIpc) is 2.95. The monoisotopic (exact) mass is 307 g/mol. The predicted octanol–water partition coefficient (Wildman–Crippen LogP) is 2.29. The molecule has 7 nitrogen and oxygen atoms in total. The lowest BCUT2D eigenvalue weighted by molar-refractivity contribution is -0.114. The zero-order valence-electron chi connectivity index (χ0n) is 11.3. The lowest BCUT2D eigenvalue weighted by Crippen LogP contribution is -2.12. The Labute approximate surface area is 124 Å². The summed E-state index contributed by atoms with van der Waals surface area (Å²) in [5, 5.41) is 14.7. The van der Waals surface area contributed by atoms with Crippen LogP contribution in [0.2, 0.25) is 0 Å². The van der Waals surface area contributed by atoms with Gasteiger partial charge in [0.2, 0.25) is 5.91 Å². The summed E-state index contributed by atoms with van der Waals surface area (Å²) in [4.78, 5) is 37.1. The largest absolute Gasteiger partial charge is 0.477 e. The second kappa shape index (κ2) is 5.80. The van der Waals surface area contributed by atoms with Crippen molar-refractivity contribution in [2.45, 2.75) is 13.8 Å². The Morgan fingerprint density at radius 2 is 1.95 bits per heavy atom. The van der Waals surface area contributed by atoms with Gasteiger partial charge in [0, 0.05) is 12.6 Å². The van der Waals surface area contributed by atoms with E-state index in [1.165, 1.54) is 6.92 Å². The van der Waals surface area contributed by atoms with E-state index >= 15 is 0 Å². The van der Waals surface area contributed by atoms with E-state index in [9.17, 15) is 14.4 Å². The van der Waals surface area contributed by atoms with Gasteiger partial charge in [-0.1, -0.05) is 0 Å². The maximum absolute atomic E-state index is 12.1. The van der Waals surface area contributed by atoms with E-state index in [2.05, 4.69) is 15.6 Å². The summed E-state index contributed by atoms with van der Waals surface area (Å²) in [5.41, 5.74) is 0.770. The third-order valence-corrected chi connectivity index (χ3v) is 3.54. The Balaban J connectivity index is 2.16. The Morgan fingerprint density at radius 3 is 2.57 bits per heavy atom. The molecule has 2 aromatic heterocycles. The molecule has 0 saturated heterocycles. The number of carboxylic acid groups (broad SMARTS) is 1. The summed E-state index contributed by atoms with van der Waals surface area (Å²) in [6.07, 6.45) is 0. The van der Waals surface area contributed by atoms with E-state index in [0.29, 0.717) is 15.6 Å². The van der Waals surface area contributed by atoms with Crippen LogP contribution in [-0.4, -0.2) is 27.9 Å². The van der Waals surface area contributed by atoms with Crippen molar-refractivity contribution in [3.8, 4) is 0 Å². The van der Waals surface area contributed by atoms with Crippen LogP contribution in [0.4, 0.5) is 10.7 Å². The van der Waals surface area contributed by atoms with Gasteiger partial charge in [-0.25, -0.2) is 4.79 Å². The molecule has 0 aromatic carbocycles. The number of carbonyl (C=O) groups is 3. The standard InChI is InChI=1S/C13H13N3O4S/c1-6-5-8(11(14-6)13(19)20)16-12(18)9-3-4-10(21-9)15-7(2)17/h3-5,14H,1-2H3,(H,15,17)(H,16,18)(H,19,20). The molecule has 2 rings (SSSR count). The molecule has 0 unspecified atom stereocenters. The Bertz CT molecular complexity index is 717. The number of hydrogen-bond donors (Lipinski definition) is 4. The number of aromatic amines is 1. The highest BCUT2D eigenvalue weighted by Gasteiger charge is 2.17. The molecule has 21 heavy (non-hydrogen) atoms. The van der Waals surface area contributed by atoms with Crippen LogP contribution in [-0.2, 0) is 4.79 Å². The van der Waals surface area contributed by atoms with Crippen LogP contribution in [0.1, 0.15) is 32.8 Å². The summed E-state index contributed by atoms with van der Waals surface area (Å²) < 4.78 is 0. The fourth-order valence-corrected chi connectivity index (χ4v) is 2.59. The molecule has 8 heteroatoms. The van der Waals surface area contributed by atoms with Crippen molar-refractivity contribution in [1.29, 1.82) is 0 Å². The number of nitrogens with one attached hydrogen (secondary N) is 3. The number of carbonyl (C=O) groups excluding carboxylic acids is 2. The minimum absolute atomic E-state index is 0.0699. The van der Waals surface area contributed by atoms with Crippen molar-refractivity contribution in [3.63, 3.8) is 0 Å². The van der Waals surface area contributed by atoms with E-state index < -0.39 is 11.9 Å². The Hall–Kier alpha value is -2.61. The molecule has 0 aliphatic carbocycles. The molecule has 4 N–H and O–H groups in total. The molecule has 0 saturated carbocycles. The van der Waals surface area contributed by atoms with Crippen LogP contribution >= 0.6 is 11.3 Å². The van der Waals surface area contributed by atoms with Gasteiger partial charge in [-0.3, -0.25) is 9.59 Å². The molecule has 0 aliphatic heterocycles. The predicted molar refractivity (Wildman–Crippen MR) is 79.1 cm³/mol.